The van der Waals surface area contributed by atoms with Crippen LogP contribution in [0.4, 0.5) is 9.18 Å². The average Bonchev–Trinajstić information content (AvgIpc) is 2.59. The van der Waals surface area contributed by atoms with Gasteiger partial charge in [0, 0.05) is 15.0 Å². The van der Waals surface area contributed by atoms with E-state index in [1.807, 2.05) is 22.6 Å². The molecular weight excluding hydrogens is 350 g/mol. The van der Waals surface area contributed by atoms with E-state index in [0.29, 0.717) is 14.5 Å². The van der Waals surface area contributed by atoms with E-state index in [4.69, 9.17) is 4.74 Å². The maximum Gasteiger partial charge on any atom is 0.435 e. The van der Waals surface area contributed by atoms with E-state index in [2.05, 4.69) is 5.10 Å². The first-order valence-corrected chi connectivity index (χ1v) is 6.42. The van der Waals surface area contributed by atoms with Gasteiger partial charge in [0.05, 0.1) is 11.7 Å². The summed E-state index contributed by atoms with van der Waals surface area (Å²) in [5, 5.41) is 4.63. The van der Waals surface area contributed by atoms with Crippen molar-refractivity contribution in [2.24, 2.45) is 0 Å². The van der Waals surface area contributed by atoms with Crippen molar-refractivity contribution in [3.8, 4) is 0 Å². The molecule has 2 rings (SSSR count). The van der Waals surface area contributed by atoms with Crippen LogP contribution in [0, 0.1) is 9.39 Å². The highest BCUT2D eigenvalue weighted by Gasteiger charge is 2.20. The van der Waals surface area contributed by atoms with Crippen LogP contribution in [0.25, 0.3) is 10.9 Å². The summed E-state index contributed by atoms with van der Waals surface area (Å²) in [6.45, 7) is 5.29. The van der Waals surface area contributed by atoms with Crippen molar-refractivity contribution in [1.82, 2.24) is 9.78 Å². The number of nitrogens with zero attached hydrogens (tertiary/aromatic N) is 2. The zero-order valence-electron chi connectivity index (χ0n) is 10.2. The molecule has 96 valence electrons. The van der Waals surface area contributed by atoms with Crippen LogP contribution in [0.5, 0.6) is 0 Å². The molecule has 6 heteroatoms. The zero-order valence-corrected chi connectivity index (χ0v) is 12.4. The molecule has 0 saturated heterocycles. The second-order valence-corrected chi connectivity index (χ2v) is 6.02. The molecule has 0 aliphatic heterocycles. The Hall–Kier alpha value is -1.18. The van der Waals surface area contributed by atoms with Crippen LogP contribution in [0.3, 0.4) is 0 Å². The largest absolute Gasteiger partial charge is 0.442 e. The molecule has 0 bridgehead atoms. The van der Waals surface area contributed by atoms with Gasteiger partial charge >= 0.3 is 6.09 Å². The van der Waals surface area contributed by atoms with Gasteiger partial charge in [-0.3, -0.25) is 0 Å². The third-order valence-electron chi connectivity index (χ3n) is 2.18. The minimum absolute atomic E-state index is 0.381. The van der Waals surface area contributed by atoms with Gasteiger partial charge in [-0.1, -0.05) is 0 Å². The molecule has 0 aliphatic carbocycles. The number of aromatic nitrogens is 2. The number of carbonyl (C=O) groups is 1. The van der Waals surface area contributed by atoms with Gasteiger partial charge in [-0.2, -0.15) is 9.78 Å². The smallest absolute Gasteiger partial charge is 0.435 e. The molecular formula is C12H12FIN2O2. The monoisotopic (exact) mass is 362 g/mol. The second-order valence-electron chi connectivity index (χ2n) is 4.86. The number of fused-ring (bicyclic) bond motifs is 1. The predicted octanol–water partition coefficient (Wildman–Crippen LogP) is 3.56. The molecule has 1 aromatic carbocycles. The Labute approximate surface area is 117 Å². The van der Waals surface area contributed by atoms with Crippen molar-refractivity contribution >= 4 is 39.6 Å². The summed E-state index contributed by atoms with van der Waals surface area (Å²) in [6.07, 6.45) is 0.902. The third-order valence-corrected chi connectivity index (χ3v) is 3.00. The van der Waals surface area contributed by atoms with Crippen molar-refractivity contribution < 1.29 is 13.9 Å². The number of ether oxygens (including phenoxy) is 1. The highest BCUT2D eigenvalue weighted by atomic mass is 127. The van der Waals surface area contributed by atoms with Crippen molar-refractivity contribution in [1.29, 1.82) is 0 Å². The van der Waals surface area contributed by atoms with Crippen LogP contribution in [0.2, 0.25) is 0 Å². The van der Waals surface area contributed by atoms with Gasteiger partial charge in [-0.05, 0) is 49.4 Å². The van der Waals surface area contributed by atoms with Crippen LogP contribution < -0.4 is 0 Å². The van der Waals surface area contributed by atoms with Gasteiger partial charge in [-0.25, -0.2) is 9.18 Å². The zero-order chi connectivity index (χ0) is 13.5. The third kappa shape index (κ3) is 2.63. The van der Waals surface area contributed by atoms with E-state index in [1.54, 1.807) is 26.8 Å². The number of rotatable bonds is 0. The molecule has 0 spiro atoms. The van der Waals surface area contributed by atoms with Crippen molar-refractivity contribution in [3.63, 3.8) is 0 Å². The Morgan fingerprint density at radius 2 is 2.11 bits per heavy atom. The fraction of sp³-hybridized carbons (Fsp3) is 0.333. The lowest BCUT2D eigenvalue weighted by Gasteiger charge is -2.19. The SMILES string of the molecule is CC(C)(C)OC(=O)n1ncc2cc(I)c(F)cc21. The number of hydrogen-bond acceptors (Lipinski definition) is 3. The van der Waals surface area contributed by atoms with Gasteiger partial charge in [0.25, 0.3) is 0 Å². The van der Waals surface area contributed by atoms with E-state index >= 15 is 0 Å². The minimum atomic E-state index is -0.614. The van der Waals surface area contributed by atoms with Gasteiger partial charge < -0.3 is 4.74 Å². The Kier molecular flexibility index (Phi) is 3.31. The summed E-state index contributed by atoms with van der Waals surface area (Å²) >= 11 is 1.89. The second kappa shape index (κ2) is 4.49. The molecule has 0 unspecified atom stereocenters. The molecule has 1 aromatic heterocycles. The molecule has 0 N–H and O–H groups in total. The maximum absolute atomic E-state index is 13.5. The predicted molar refractivity (Wildman–Crippen MR) is 74.0 cm³/mol. The maximum atomic E-state index is 13.5. The molecule has 0 aliphatic rings. The quantitative estimate of drug-likeness (QED) is 0.674. The number of hydrogen-bond donors (Lipinski definition) is 0. The van der Waals surface area contributed by atoms with E-state index < -0.39 is 11.7 Å². The van der Waals surface area contributed by atoms with Gasteiger partial charge in [0.1, 0.15) is 11.4 Å². The van der Waals surface area contributed by atoms with Gasteiger partial charge in [0.2, 0.25) is 0 Å². The summed E-state index contributed by atoms with van der Waals surface area (Å²) < 4.78 is 20.3. The summed E-state index contributed by atoms with van der Waals surface area (Å²) in [5.74, 6) is -0.381. The molecule has 0 amide bonds. The highest BCUT2D eigenvalue weighted by molar-refractivity contribution is 14.1. The van der Waals surface area contributed by atoms with Crippen molar-refractivity contribution in [3.05, 3.63) is 27.7 Å². The van der Waals surface area contributed by atoms with Crippen molar-refractivity contribution in [2.75, 3.05) is 0 Å². The van der Waals surface area contributed by atoms with E-state index in [0.717, 1.165) is 4.68 Å². The lowest BCUT2D eigenvalue weighted by molar-refractivity contribution is 0.0522. The van der Waals surface area contributed by atoms with Gasteiger partial charge in [-0.15, -0.1) is 0 Å². The summed E-state index contributed by atoms with van der Waals surface area (Å²) in [7, 11) is 0. The molecule has 1 heterocycles. The van der Waals surface area contributed by atoms with Crippen LogP contribution in [-0.4, -0.2) is 21.5 Å². The van der Waals surface area contributed by atoms with Crippen LogP contribution in [-0.2, 0) is 4.74 Å². The first-order chi connectivity index (χ1) is 8.28. The lowest BCUT2D eigenvalue weighted by atomic mass is 10.2. The van der Waals surface area contributed by atoms with E-state index in [1.165, 1.54) is 12.3 Å². The summed E-state index contributed by atoms with van der Waals surface area (Å²) in [6, 6.07) is 2.92. The van der Waals surface area contributed by atoms with Crippen LogP contribution in [0.1, 0.15) is 20.8 Å². The molecule has 0 atom stereocenters. The number of benzene rings is 1. The Balaban J connectivity index is 2.46. The lowest BCUT2D eigenvalue weighted by Crippen LogP contribution is -2.27. The molecule has 2 aromatic rings. The Bertz CT molecular complexity index is 616. The standard InChI is InChI=1S/C12H12FIN2O2/c1-12(2,3)18-11(17)16-10-5-8(13)9(14)4-7(10)6-15-16/h4-6H,1-3H3. The van der Waals surface area contributed by atoms with Crippen LogP contribution in [0.15, 0.2) is 18.3 Å². The highest BCUT2D eigenvalue weighted by Crippen LogP contribution is 2.21. The van der Waals surface area contributed by atoms with E-state index in [9.17, 15) is 9.18 Å². The average molecular weight is 362 g/mol. The fourth-order valence-electron chi connectivity index (χ4n) is 1.47. The van der Waals surface area contributed by atoms with Gasteiger partial charge in [0.15, 0.2) is 0 Å². The van der Waals surface area contributed by atoms with E-state index in [-0.39, 0.29) is 5.82 Å². The number of halogens is 2. The summed E-state index contributed by atoms with van der Waals surface area (Å²) in [4.78, 5) is 11.9. The molecule has 0 saturated carbocycles. The normalized spacial score (nSPS) is 11.8. The summed E-state index contributed by atoms with van der Waals surface area (Å²) in [5.41, 5.74) is -0.209. The first kappa shape index (κ1) is 13.3. The van der Waals surface area contributed by atoms with Crippen LogP contribution >= 0.6 is 22.6 Å². The molecule has 0 radical (unpaired) electrons. The van der Waals surface area contributed by atoms with Crippen molar-refractivity contribution in [2.45, 2.75) is 26.4 Å². The Morgan fingerprint density at radius 3 is 2.72 bits per heavy atom. The topological polar surface area (TPSA) is 44.1 Å². The Morgan fingerprint density at radius 1 is 1.44 bits per heavy atom. The molecule has 0 fully saturated rings. The first-order valence-electron chi connectivity index (χ1n) is 5.34. The number of carbonyl (C=O) groups excluding carboxylic acids is 1. The minimum Gasteiger partial charge on any atom is -0.442 e. The fourth-order valence-corrected chi connectivity index (χ4v) is 1.96. The molecule has 18 heavy (non-hydrogen) atoms. The molecule has 4 nitrogen and oxygen atoms in total.